The highest BCUT2D eigenvalue weighted by atomic mass is 32.1. The second-order valence-corrected chi connectivity index (χ2v) is 10.1. The number of aliphatic carboxylic acids is 2. The van der Waals surface area contributed by atoms with Gasteiger partial charge in [0.2, 0.25) is 5.91 Å². The van der Waals surface area contributed by atoms with Gasteiger partial charge in [0, 0.05) is 37.2 Å². The Labute approximate surface area is 243 Å². The van der Waals surface area contributed by atoms with Gasteiger partial charge in [-0.2, -0.15) is 0 Å². The zero-order valence-corrected chi connectivity index (χ0v) is 24.0. The number of carboxylic acids is 2. The Hall–Kier alpha value is -4.22. The summed E-state index contributed by atoms with van der Waals surface area (Å²) in [6, 6.07) is 16.2. The van der Waals surface area contributed by atoms with Crippen LogP contribution >= 0.6 is 11.3 Å². The second kappa shape index (κ2) is 16.1. The lowest BCUT2D eigenvalue weighted by Gasteiger charge is -2.20. The van der Waals surface area contributed by atoms with Gasteiger partial charge in [0.1, 0.15) is 10.0 Å². The Kier molecular flexibility index (Phi) is 12.3. The molecule has 2 heterocycles. The van der Waals surface area contributed by atoms with Gasteiger partial charge < -0.3 is 29.9 Å². The lowest BCUT2D eigenvalue weighted by Crippen LogP contribution is -2.33. The summed E-state index contributed by atoms with van der Waals surface area (Å²) in [6.45, 7) is 2.23. The number of ether oxygens (including phenoxy) is 2. The molecule has 218 valence electrons. The van der Waals surface area contributed by atoms with Crippen LogP contribution in [-0.2, 0) is 27.2 Å². The van der Waals surface area contributed by atoms with Gasteiger partial charge in [0.05, 0.1) is 19.9 Å². The average molecular weight is 582 g/mol. The van der Waals surface area contributed by atoms with Gasteiger partial charge in [-0.15, -0.1) is 0 Å². The first-order valence-electron chi connectivity index (χ1n) is 13.2. The number of carbonyl (C=O) groups is 3. The molecule has 0 aliphatic carbocycles. The summed E-state index contributed by atoms with van der Waals surface area (Å²) < 4.78 is 10.7. The third-order valence-corrected chi connectivity index (χ3v) is 7.38. The summed E-state index contributed by atoms with van der Waals surface area (Å²) in [5.74, 6) is -0.878. The SMILES string of the molecule is COc1ccc(CCNCCC(=O)N2CCCCc3nc(-c4ccccc4)sc32)cc1OC.O=C(O)/C=C/C(=O)O. The molecule has 1 amide bonds. The molecule has 2 aromatic carbocycles. The Balaban J connectivity index is 0.000000507. The summed E-state index contributed by atoms with van der Waals surface area (Å²) in [7, 11) is 3.28. The van der Waals surface area contributed by atoms with Crippen LogP contribution in [0.3, 0.4) is 0 Å². The van der Waals surface area contributed by atoms with Crippen molar-refractivity contribution in [2.24, 2.45) is 0 Å². The smallest absolute Gasteiger partial charge is 0.328 e. The molecule has 0 spiro atoms. The minimum absolute atomic E-state index is 0.167. The van der Waals surface area contributed by atoms with Crippen molar-refractivity contribution in [1.29, 1.82) is 0 Å². The molecule has 3 N–H and O–H groups in total. The van der Waals surface area contributed by atoms with E-state index >= 15 is 0 Å². The molecule has 0 unspecified atom stereocenters. The maximum absolute atomic E-state index is 13.1. The number of carboxylic acid groups (broad SMARTS) is 2. The molecule has 4 rings (SSSR count). The third-order valence-electron chi connectivity index (χ3n) is 6.21. The third kappa shape index (κ3) is 9.73. The fourth-order valence-electron chi connectivity index (χ4n) is 4.19. The molecule has 10 nitrogen and oxygen atoms in total. The van der Waals surface area contributed by atoms with Crippen molar-refractivity contribution < 1.29 is 34.1 Å². The zero-order chi connectivity index (χ0) is 29.6. The van der Waals surface area contributed by atoms with Crippen LogP contribution in [0.25, 0.3) is 10.6 Å². The number of rotatable bonds is 11. The number of aromatic nitrogens is 1. The summed E-state index contributed by atoms with van der Waals surface area (Å²) in [4.78, 5) is 39.0. The van der Waals surface area contributed by atoms with Crippen LogP contribution in [0.4, 0.5) is 5.00 Å². The highest BCUT2D eigenvalue weighted by Gasteiger charge is 2.25. The van der Waals surface area contributed by atoms with E-state index in [-0.39, 0.29) is 5.91 Å². The van der Waals surface area contributed by atoms with E-state index in [1.807, 2.05) is 41.3 Å². The molecule has 1 aliphatic rings. The van der Waals surface area contributed by atoms with E-state index < -0.39 is 11.9 Å². The van der Waals surface area contributed by atoms with E-state index in [9.17, 15) is 14.4 Å². The van der Waals surface area contributed by atoms with Crippen LogP contribution in [0.15, 0.2) is 60.7 Å². The van der Waals surface area contributed by atoms with Gasteiger partial charge in [-0.3, -0.25) is 4.79 Å². The maximum atomic E-state index is 13.1. The first-order chi connectivity index (χ1) is 19.8. The molecule has 3 aromatic rings. The molecule has 1 aromatic heterocycles. The number of methoxy groups -OCH3 is 2. The number of amides is 1. The lowest BCUT2D eigenvalue weighted by molar-refractivity contribution is -0.134. The van der Waals surface area contributed by atoms with E-state index in [1.165, 1.54) is 5.56 Å². The molecule has 41 heavy (non-hydrogen) atoms. The van der Waals surface area contributed by atoms with Crippen molar-refractivity contribution in [1.82, 2.24) is 10.3 Å². The fourth-order valence-corrected chi connectivity index (χ4v) is 5.35. The molecule has 0 bridgehead atoms. The highest BCUT2D eigenvalue weighted by Crippen LogP contribution is 2.37. The minimum Gasteiger partial charge on any atom is -0.493 e. The van der Waals surface area contributed by atoms with Gasteiger partial charge >= 0.3 is 11.9 Å². The van der Waals surface area contributed by atoms with E-state index in [2.05, 4.69) is 17.4 Å². The Morgan fingerprint density at radius 3 is 2.34 bits per heavy atom. The predicted octanol–water partition coefficient (Wildman–Crippen LogP) is 4.43. The van der Waals surface area contributed by atoms with Crippen LogP contribution in [0.2, 0.25) is 0 Å². The van der Waals surface area contributed by atoms with Crippen molar-refractivity contribution in [3.8, 4) is 22.1 Å². The predicted molar refractivity (Wildman–Crippen MR) is 158 cm³/mol. The molecular weight excluding hydrogens is 546 g/mol. The number of thiazole rings is 1. The van der Waals surface area contributed by atoms with Crippen LogP contribution < -0.4 is 19.7 Å². The number of hydrogen-bond acceptors (Lipinski definition) is 8. The molecule has 0 saturated carbocycles. The highest BCUT2D eigenvalue weighted by molar-refractivity contribution is 7.19. The molecule has 11 heteroatoms. The van der Waals surface area contributed by atoms with Crippen molar-refractivity contribution in [3.63, 3.8) is 0 Å². The number of hydrogen-bond donors (Lipinski definition) is 3. The Morgan fingerprint density at radius 2 is 1.68 bits per heavy atom. The summed E-state index contributed by atoms with van der Waals surface area (Å²) in [6.07, 6.45) is 5.47. The number of aryl methyl sites for hydroxylation is 1. The van der Waals surface area contributed by atoms with Crippen LogP contribution in [0, 0.1) is 0 Å². The Morgan fingerprint density at radius 1 is 0.976 bits per heavy atom. The van der Waals surface area contributed by atoms with E-state index in [0.29, 0.717) is 25.1 Å². The van der Waals surface area contributed by atoms with Crippen molar-refractivity contribution in [3.05, 3.63) is 71.9 Å². The second-order valence-electron chi connectivity index (χ2n) is 9.09. The summed E-state index contributed by atoms with van der Waals surface area (Å²) >= 11 is 1.64. The van der Waals surface area contributed by atoms with Gasteiger partial charge in [-0.25, -0.2) is 14.6 Å². The molecule has 0 fully saturated rings. The van der Waals surface area contributed by atoms with Crippen molar-refractivity contribution >= 4 is 34.2 Å². The molecular formula is C30H35N3O7S. The van der Waals surface area contributed by atoms with Crippen LogP contribution in [0.1, 0.15) is 30.5 Å². The molecule has 1 aliphatic heterocycles. The van der Waals surface area contributed by atoms with Gasteiger partial charge in [0.15, 0.2) is 11.5 Å². The normalized spacial score (nSPS) is 12.6. The lowest BCUT2D eigenvalue weighted by atomic mass is 10.1. The number of nitrogens with one attached hydrogen (secondary N) is 1. The molecule has 0 saturated heterocycles. The van der Waals surface area contributed by atoms with Crippen molar-refractivity contribution in [2.75, 3.05) is 38.8 Å². The first kappa shape index (κ1) is 31.3. The number of anilines is 1. The van der Waals surface area contributed by atoms with Crippen molar-refractivity contribution in [2.45, 2.75) is 32.1 Å². The number of nitrogens with zero attached hydrogens (tertiary/aromatic N) is 2. The zero-order valence-electron chi connectivity index (χ0n) is 23.2. The standard InChI is InChI=1S/C26H31N3O3S.C4H4O4/c1-31-22-12-11-19(18-23(22)32-2)13-15-27-16-14-24(30)29-17-7-6-10-21-26(29)33-25(28-21)20-8-4-3-5-9-20;5-3(6)1-2-4(7)8/h3-5,8-9,11-12,18,27H,6-7,10,13-17H2,1-2H3;1-2H,(H,5,6)(H,7,8)/b;2-1+. The van der Waals surface area contributed by atoms with Crippen LogP contribution in [0.5, 0.6) is 11.5 Å². The van der Waals surface area contributed by atoms with Gasteiger partial charge in [-0.1, -0.05) is 47.7 Å². The minimum atomic E-state index is -1.26. The van der Waals surface area contributed by atoms with E-state index in [1.54, 1.807) is 25.6 Å². The largest absolute Gasteiger partial charge is 0.493 e. The molecule has 0 radical (unpaired) electrons. The number of carbonyl (C=O) groups excluding carboxylic acids is 1. The van der Waals surface area contributed by atoms with Gasteiger partial charge in [0.25, 0.3) is 0 Å². The molecule has 0 atom stereocenters. The van der Waals surface area contributed by atoms with Crippen LogP contribution in [-0.4, -0.2) is 66.9 Å². The van der Waals surface area contributed by atoms with Gasteiger partial charge in [-0.05, 0) is 49.9 Å². The Bertz CT molecular complexity index is 1330. The van der Waals surface area contributed by atoms with E-state index in [4.69, 9.17) is 24.7 Å². The fraction of sp³-hybridized carbons (Fsp3) is 0.333. The monoisotopic (exact) mass is 581 g/mol. The number of fused-ring (bicyclic) bond motifs is 1. The maximum Gasteiger partial charge on any atom is 0.328 e. The summed E-state index contributed by atoms with van der Waals surface area (Å²) in [5, 5.41) is 21.1. The number of benzene rings is 2. The first-order valence-corrected chi connectivity index (χ1v) is 14.0. The van der Waals surface area contributed by atoms with E-state index in [0.717, 1.165) is 71.5 Å². The topological polar surface area (TPSA) is 138 Å². The summed E-state index contributed by atoms with van der Waals surface area (Å²) in [5.41, 5.74) is 3.34. The quantitative estimate of drug-likeness (QED) is 0.222. The average Bonchev–Trinajstić information content (AvgIpc) is 3.30.